The number of rotatable bonds is 6. The number of hydrogen-bond acceptors (Lipinski definition) is 5. The summed E-state index contributed by atoms with van der Waals surface area (Å²) >= 11 is 0. The highest BCUT2D eigenvalue weighted by atomic mass is 32.2. The molecule has 7 heteroatoms. The van der Waals surface area contributed by atoms with Gasteiger partial charge in [0.05, 0.1) is 10.6 Å². The molecule has 0 saturated heterocycles. The molecule has 0 bridgehead atoms. The molecule has 0 aliphatic heterocycles. The predicted molar refractivity (Wildman–Crippen MR) is 97.9 cm³/mol. The average molecular weight is 367 g/mol. The monoisotopic (exact) mass is 367 g/mol. The molecule has 0 aliphatic rings. The second-order valence-electron chi connectivity index (χ2n) is 5.65. The number of nitrogens with one attached hydrogen (secondary N) is 1. The summed E-state index contributed by atoms with van der Waals surface area (Å²) in [7, 11) is -3.70. The molecular formula is C19H17N3O3S. The van der Waals surface area contributed by atoms with Gasteiger partial charge >= 0.3 is 0 Å². The fourth-order valence-corrected chi connectivity index (χ4v) is 3.48. The summed E-state index contributed by atoms with van der Waals surface area (Å²) in [5.74, 6) is -0.112. The molecule has 0 atom stereocenters. The number of carbonyl (C=O) groups is 1. The molecule has 0 aliphatic carbocycles. The summed E-state index contributed by atoms with van der Waals surface area (Å²) in [4.78, 5) is 19.8. The molecular weight excluding hydrogens is 350 g/mol. The van der Waals surface area contributed by atoms with Crippen LogP contribution >= 0.6 is 0 Å². The summed E-state index contributed by atoms with van der Waals surface area (Å²) < 4.78 is 27.6. The topological polar surface area (TPSA) is 89.0 Å². The first kappa shape index (κ1) is 17.9. The van der Waals surface area contributed by atoms with Gasteiger partial charge in [-0.05, 0) is 42.8 Å². The lowest BCUT2D eigenvalue weighted by molar-refractivity contribution is 0.101. The third-order valence-electron chi connectivity index (χ3n) is 3.87. The van der Waals surface area contributed by atoms with Crippen LogP contribution < -0.4 is 4.72 Å². The lowest BCUT2D eigenvalue weighted by atomic mass is 10.1. The van der Waals surface area contributed by atoms with Crippen molar-refractivity contribution in [2.24, 2.45) is 0 Å². The van der Waals surface area contributed by atoms with Crippen molar-refractivity contribution in [3.8, 4) is 11.3 Å². The Morgan fingerprint density at radius 2 is 1.69 bits per heavy atom. The van der Waals surface area contributed by atoms with Crippen LogP contribution in [0, 0.1) is 0 Å². The van der Waals surface area contributed by atoms with E-state index >= 15 is 0 Å². The number of nitrogens with zero attached hydrogens (tertiary/aromatic N) is 2. The minimum atomic E-state index is -3.70. The standard InChI is InChI=1S/C19H17N3O3S/c1-14(23)15-4-6-18(7-5-15)26(24,25)22-13-17-3-2-10-21-19(17)16-8-11-20-12-9-16/h2-12,22H,13H2,1H3. The summed E-state index contributed by atoms with van der Waals surface area (Å²) in [6.07, 6.45) is 4.98. The summed E-state index contributed by atoms with van der Waals surface area (Å²) in [6.45, 7) is 1.53. The second kappa shape index (κ2) is 7.55. The van der Waals surface area contributed by atoms with E-state index < -0.39 is 10.0 Å². The van der Waals surface area contributed by atoms with E-state index in [1.54, 1.807) is 24.7 Å². The van der Waals surface area contributed by atoms with Gasteiger partial charge in [0.25, 0.3) is 0 Å². The van der Waals surface area contributed by atoms with Crippen molar-refractivity contribution in [1.82, 2.24) is 14.7 Å². The highest BCUT2D eigenvalue weighted by Crippen LogP contribution is 2.21. The van der Waals surface area contributed by atoms with Gasteiger partial charge in [-0.1, -0.05) is 18.2 Å². The van der Waals surface area contributed by atoms with Gasteiger partial charge in [-0.3, -0.25) is 14.8 Å². The summed E-state index contributed by atoms with van der Waals surface area (Å²) in [5, 5.41) is 0. The van der Waals surface area contributed by atoms with E-state index in [1.165, 1.54) is 31.2 Å². The minimum Gasteiger partial charge on any atom is -0.295 e. The largest absolute Gasteiger partial charge is 0.295 e. The number of carbonyl (C=O) groups excluding carboxylic acids is 1. The Morgan fingerprint density at radius 3 is 2.35 bits per heavy atom. The van der Waals surface area contributed by atoms with Crippen LogP contribution in [0.25, 0.3) is 11.3 Å². The van der Waals surface area contributed by atoms with Crippen molar-refractivity contribution < 1.29 is 13.2 Å². The van der Waals surface area contributed by atoms with E-state index in [-0.39, 0.29) is 17.2 Å². The fraction of sp³-hybridized carbons (Fsp3) is 0.105. The quantitative estimate of drug-likeness (QED) is 0.677. The number of benzene rings is 1. The maximum atomic E-state index is 12.5. The summed E-state index contributed by atoms with van der Waals surface area (Å²) in [6, 6.07) is 13.1. The molecule has 1 aromatic carbocycles. The molecule has 26 heavy (non-hydrogen) atoms. The van der Waals surface area contributed by atoms with Gasteiger partial charge in [-0.25, -0.2) is 13.1 Å². The molecule has 0 unspecified atom stereocenters. The van der Waals surface area contributed by atoms with Crippen molar-refractivity contribution in [2.45, 2.75) is 18.4 Å². The number of hydrogen-bond donors (Lipinski definition) is 1. The van der Waals surface area contributed by atoms with E-state index in [0.29, 0.717) is 11.3 Å². The zero-order valence-corrected chi connectivity index (χ0v) is 14.9. The molecule has 2 heterocycles. The van der Waals surface area contributed by atoms with Gasteiger partial charge in [0.15, 0.2) is 5.78 Å². The normalized spacial score (nSPS) is 11.3. The molecule has 0 radical (unpaired) electrons. The van der Waals surface area contributed by atoms with Crippen molar-refractivity contribution in [3.63, 3.8) is 0 Å². The summed E-state index contributed by atoms with van der Waals surface area (Å²) in [5.41, 5.74) is 2.78. The molecule has 0 spiro atoms. The van der Waals surface area contributed by atoms with Crippen LogP contribution in [0.5, 0.6) is 0 Å². The molecule has 6 nitrogen and oxygen atoms in total. The third kappa shape index (κ3) is 4.01. The predicted octanol–water partition coefficient (Wildman–Crippen LogP) is 2.82. The minimum absolute atomic E-state index is 0.0995. The Morgan fingerprint density at radius 1 is 1.00 bits per heavy atom. The van der Waals surface area contributed by atoms with Gasteiger partial charge in [-0.2, -0.15) is 0 Å². The molecule has 0 amide bonds. The molecule has 3 aromatic rings. The molecule has 3 rings (SSSR count). The van der Waals surface area contributed by atoms with Crippen LogP contribution in [0.15, 0.2) is 72.0 Å². The average Bonchev–Trinajstić information content (AvgIpc) is 2.67. The van der Waals surface area contributed by atoms with Crippen molar-refractivity contribution in [1.29, 1.82) is 0 Å². The van der Waals surface area contributed by atoms with E-state index in [4.69, 9.17) is 0 Å². The molecule has 1 N–H and O–H groups in total. The van der Waals surface area contributed by atoms with Gasteiger partial charge in [-0.15, -0.1) is 0 Å². The third-order valence-corrected chi connectivity index (χ3v) is 5.29. The van der Waals surface area contributed by atoms with Gasteiger partial charge in [0, 0.05) is 36.3 Å². The Hall–Kier alpha value is -2.90. The Kier molecular flexibility index (Phi) is 5.20. The van der Waals surface area contributed by atoms with Gasteiger partial charge in [0.1, 0.15) is 0 Å². The Balaban J connectivity index is 1.82. The van der Waals surface area contributed by atoms with E-state index in [2.05, 4.69) is 14.7 Å². The van der Waals surface area contributed by atoms with Crippen LogP contribution in [-0.2, 0) is 16.6 Å². The van der Waals surface area contributed by atoms with Gasteiger partial charge < -0.3 is 0 Å². The zero-order chi connectivity index (χ0) is 18.6. The first-order valence-electron chi connectivity index (χ1n) is 7.92. The zero-order valence-electron chi connectivity index (χ0n) is 14.1. The first-order chi connectivity index (χ1) is 12.5. The van der Waals surface area contributed by atoms with Crippen molar-refractivity contribution in [2.75, 3.05) is 0 Å². The van der Waals surface area contributed by atoms with Crippen molar-refractivity contribution in [3.05, 3.63) is 78.2 Å². The molecule has 0 fully saturated rings. The van der Waals surface area contributed by atoms with Crippen LogP contribution in [0.2, 0.25) is 0 Å². The van der Waals surface area contributed by atoms with Crippen LogP contribution in [0.3, 0.4) is 0 Å². The molecule has 0 saturated carbocycles. The number of pyridine rings is 2. The van der Waals surface area contributed by atoms with E-state index in [9.17, 15) is 13.2 Å². The highest BCUT2D eigenvalue weighted by Gasteiger charge is 2.15. The molecule has 132 valence electrons. The molecule has 2 aromatic heterocycles. The van der Waals surface area contributed by atoms with E-state index in [1.807, 2.05) is 18.2 Å². The lowest BCUT2D eigenvalue weighted by Gasteiger charge is -2.11. The second-order valence-corrected chi connectivity index (χ2v) is 7.42. The maximum absolute atomic E-state index is 12.5. The fourth-order valence-electron chi connectivity index (χ4n) is 2.48. The number of sulfonamides is 1. The first-order valence-corrected chi connectivity index (χ1v) is 9.40. The smallest absolute Gasteiger partial charge is 0.240 e. The van der Waals surface area contributed by atoms with Crippen LogP contribution in [0.4, 0.5) is 0 Å². The van der Waals surface area contributed by atoms with Gasteiger partial charge in [0.2, 0.25) is 10.0 Å². The highest BCUT2D eigenvalue weighted by molar-refractivity contribution is 7.89. The Labute approximate surface area is 152 Å². The lowest BCUT2D eigenvalue weighted by Crippen LogP contribution is -2.23. The van der Waals surface area contributed by atoms with Crippen LogP contribution in [-0.4, -0.2) is 24.2 Å². The van der Waals surface area contributed by atoms with E-state index in [0.717, 1.165) is 11.1 Å². The number of Topliss-reactive ketones (excluding diaryl/α,β-unsaturated/α-hetero) is 1. The number of aromatic nitrogens is 2. The van der Waals surface area contributed by atoms with Crippen LogP contribution in [0.1, 0.15) is 22.8 Å². The number of ketones is 1. The SMILES string of the molecule is CC(=O)c1ccc(S(=O)(=O)NCc2cccnc2-c2ccncc2)cc1. The van der Waals surface area contributed by atoms with Crippen molar-refractivity contribution >= 4 is 15.8 Å². The Bertz CT molecular complexity index is 1020. The maximum Gasteiger partial charge on any atom is 0.240 e.